The van der Waals surface area contributed by atoms with Crippen molar-refractivity contribution in [1.82, 2.24) is 0 Å². The van der Waals surface area contributed by atoms with Gasteiger partial charge in [0.1, 0.15) is 19.8 Å². The molecule has 0 saturated carbocycles. The number of quaternary nitrogens is 1. The van der Waals surface area contributed by atoms with Crippen LogP contribution in [0.4, 0.5) is 0 Å². The molecule has 0 radical (unpaired) electrons. The van der Waals surface area contributed by atoms with Crippen LogP contribution in [0.25, 0.3) is 0 Å². The van der Waals surface area contributed by atoms with Crippen molar-refractivity contribution in [3.05, 3.63) is 36.5 Å². The van der Waals surface area contributed by atoms with Crippen molar-refractivity contribution in [2.24, 2.45) is 0 Å². The molecule has 0 spiro atoms. The topological polar surface area (TPSA) is 111 Å². The molecule has 0 amide bonds. The number of hydrogen-bond acceptors (Lipinski definition) is 8. The van der Waals surface area contributed by atoms with Gasteiger partial charge in [0.15, 0.2) is 6.10 Å². The van der Waals surface area contributed by atoms with E-state index < -0.39 is 26.5 Å². The van der Waals surface area contributed by atoms with E-state index in [9.17, 15) is 19.0 Å². The first-order chi connectivity index (χ1) is 37.5. The summed E-state index contributed by atoms with van der Waals surface area (Å²) in [6, 6.07) is 0. The van der Waals surface area contributed by atoms with Crippen LogP contribution in [0.3, 0.4) is 0 Å². The molecule has 0 aliphatic rings. The molecule has 0 rings (SSSR count). The highest BCUT2D eigenvalue weighted by Crippen LogP contribution is 2.38. The lowest BCUT2D eigenvalue weighted by atomic mass is 10.0. The zero-order chi connectivity index (χ0) is 56.3. The maximum atomic E-state index is 12.8. The van der Waals surface area contributed by atoms with Gasteiger partial charge in [0, 0.05) is 12.8 Å². The summed E-state index contributed by atoms with van der Waals surface area (Å²) in [5.74, 6) is -0.835. The zero-order valence-electron chi connectivity index (χ0n) is 51.7. The number of carbonyl (C=O) groups excluding carboxylic acids is 2. The van der Waals surface area contributed by atoms with Crippen molar-refractivity contribution < 1.29 is 42.1 Å². The Bertz CT molecular complexity index is 1390. The van der Waals surface area contributed by atoms with Crippen LogP contribution in [0.1, 0.15) is 328 Å². The van der Waals surface area contributed by atoms with E-state index in [0.29, 0.717) is 17.4 Å². The van der Waals surface area contributed by atoms with E-state index in [1.165, 1.54) is 238 Å². The molecule has 2 unspecified atom stereocenters. The molecule has 0 aromatic heterocycles. The first kappa shape index (κ1) is 75.2. The minimum atomic E-state index is -4.64. The SMILES string of the molecule is CCCCCC/C=C\C/C=C\CCCCCCCC(=O)OC(COC(=O)CCCCCCCCCCCCCCCCCCCCCCCCCCC/C=C\CCCCCCCCCC)COP(=O)([O-])OCC[N+](C)(C)C. The highest BCUT2D eigenvalue weighted by atomic mass is 31.2. The van der Waals surface area contributed by atoms with Crippen molar-refractivity contribution >= 4 is 19.8 Å². The normalized spacial score (nSPS) is 13.4. The van der Waals surface area contributed by atoms with E-state index in [-0.39, 0.29) is 32.0 Å². The largest absolute Gasteiger partial charge is 0.756 e. The summed E-state index contributed by atoms with van der Waals surface area (Å²) in [5.41, 5.74) is 0. The molecule has 0 fully saturated rings. The first-order valence-electron chi connectivity index (χ1n) is 33.2. The molecule has 9 nitrogen and oxygen atoms in total. The third kappa shape index (κ3) is 63.3. The second-order valence-corrected chi connectivity index (χ2v) is 25.2. The Morgan fingerprint density at radius 3 is 1.05 bits per heavy atom. The number of likely N-dealkylation sites (N-methyl/N-ethyl adjacent to an activating group) is 1. The molecule has 77 heavy (non-hydrogen) atoms. The highest BCUT2D eigenvalue weighted by molar-refractivity contribution is 7.45. The van der Waals surface area contributed by atoms with Crippen LogP contribution < -0.4 is 4.89 Å². The van der Waals surface area contributed by atoms with Gasteiger partial charge in [-0.15, -0.1) is 0 Å². The molecule has 454 valence electrons. The summed E-state index contributed by atoms with van der Waals surface area (Å²) < 4.78 is 34.2. The van der Waals surface area contributed by atoms with Gasteiger partial charge in [-0.2, -0.15) is 0 Å². The van der Waals surface area contributed by atoms with Crippen molar-refractivity contribution in [1.29, 1.82) is 0 Å². The van der Waals surface area contributed by atoms with Crippen LogP contribution in [0, 0.1) is 0 Å². The minimum Gasteiger partial charge on any atom is -0.756 e. The summed E-state index contributed by atoms with van der Waals surface area (Å²) in [7, 11) is 1.17. The standard InChI is InChI=1S/C67H128NO8P/c1-6-8-10-12-14-16-18-20-22-24-25-26-27-28-29-30-31-32-33-34-35-36-37-38-39-40-41-42-43-44-46-47-49-51-53-55-57-59-66(69)73-63-65(64-75-77(71,72)74-62-61-68(3,4)5)76-67(70)60-58-56-54-52-50-48-45-23-21-19-17-15-13-11-9-7-2/h17,19,23-25,45,65H,6-16,18,20-22,26-44,46-64H2,1-5H3/b19-17-,25-24-,45-23-. The molecular weight excluding hydrogens is 978 g/mol. The molecule has 0 aromatic carbocycles. The number of nitrogens with zero attached hydrogens (tertiary/aromatic N) is 1. The number of carbonyl (C=O) groups is 2. The van der Waals surface area contributed by atoms with Crippen LogP contribution in [0.2, 0.25) is 0 Å². The van der Waals surface area contributed by atoms with E-state index in [1.54, 1.807) is 0 Å². The Morgan fingerprint density at radius 1 is 0.403 bits per heavy atom. The van der Waals surface area contributed by atoms with Crippen LogP contribution in [-0.2, 0) is 32.7 Å². The average Bonchev–Trinajstić information content (AvgIpc) is 3.39. The van der Waals surface area contributed by atoms with Crippen LogP contribution in [-0.4, -0.2) is 70.0 Å². The van der Waals surface area contributed by atoms with Crippen molar-refractivity contribution in [2.45, 2.75) is 335 Å². The Morgan fingerprint density at radius 2 is 0.701 bits per heavy atom. The third-order valence-corrected chi connectivity index (χ3v) is 15.8. The molecule has 0 aliphatic carbocycles. The second kappa shape index (κ2) is 58.9. The fourth-order valence-corrected chi connectivity index (χ4v) is 10.5. The van der Waals surface area contributed by atoms with Gasteiger partial charge in [0.2, 0.25) is 0 Å². The number of esters is 2. The maximum Gasteiger partial charge on any atom is 0.306 e. The lowest BCUT2D eigenvalue weighted by Crippen LogP contribution is -2.37. The van der Waals surface area contributed by atoms with Gasteiger partial charge in [0.25, 0.3) is 7.82 Å². The average molecular weight is 1110 g/mol. The number of hydrogen-bond donors (Lipinski definition) is 0. The van der Waals surface area contributed by atoms with Gasteiger partial charge in [0.05, 0.1) is 27.7 Å². The Labute approximate surface area is 478 Å². The number of rotatable bonds is 62. The monoisotopic (exact) mass is 1110 g/mol. The van der Waals surface area contributed by atoms with E-state index in [2.05, 4.69) is 50.3 Å². The fraction of sp³-hybridized carbons (Fsp3) is 0.881. The van der Waals surface area contributed by atoms with Crippen LogP contribution in [0.5, 0.6) is 0 Å². The summed E-state index contributed by atoms with van der Waals surface area (Å²) in [5, 5.41) is 0. The van der Waals surface area contributed by atoms with Gasteiger partial charge in [-0.05, 0) is 70.6 Å². The number of phosphoric ester groups is 1. The fourth-order valence-electron chi connectivity index (χ4n) is 9.74. The van der Waals surface area contributed by atoms with Crippen LogP contribution in [0.15, 0.2) is 36.5 Å². The van der Waals surface area contributed by atoms with Gasteiger partial charge in [-0.25, -0.2) is 0 Å². The van der Waals surface area contributed by atoms with Crippen molar-refractivity contribution in [3.63, 3.8) is 0 Å². The Balaban J connectivity index is 3.90. The van der Waals surface area contributed by atoms with Gasteiger partial charge < -0.3 is 27.9 Å². The predicted molar refractivity (Wildman–Crippen MR) is 328 cm³/mol. The second-order valence-electron chi connectivity index (χ2n) is 23.8. The summed E-state index contributed by atoms with van der Waals surface area (Å²) in [4.78, 5) is 37.9. The molecule has 0 aromatic rings. The zero-order valence-corrected chi connectivity index (χ0v) is 52.6. The first-order valence-corrected chi connectivity index (χ1v) is 34.7. The predicted octanol–water partition coefficient (Wildman–Crippen LogP) is 20.5. The molecule has 2 atom stereocenters. The van der Waals surface area contributed by atoms with Crippen LogP contribution >= 0.6 is 7.82 Å². The lowest BCUT2D eigenvalue weighted by molar-refractivity contribution is -0.870. The molecule has 0 saturated heterocycles. The third-order valence-electron chi connectivity index (χ3n) is 14.9. The molecule has 10 heteroatoms. The van der Waals surface area contributed by atoms with Crippen molar-refractivity contribution in [2.75, 3.05) is 47.5 Å². The smallest absolute Gasteiger partial charge is 0.306 e. The van der Waals surface area contributed by atoms with E-state index in [1.807, 2.05) is 21.1 Å². The lowest BCUT2D eigenvalue weighted by Gasteiger charge is -2.28. The number of ether oxygens (including phenoxy) is 2. The Kier molecular flexibility index (Phi) is 57.5. The molecule has 0 aliphatic heterocycles. The molecular formula is C67H128NO8P. The van der Waals surface area contributed by atoms with Gasteiger partial charge >= 0.3 is 11.9 Å². The minimum absolute atomic E-state index is 0.0321. The van der Waals surface area contributed by atoms with E-state index in [0.717, 1.165) is 57.8 Å². The summed E-state index contributed by atoms with van der Waals surface area (Å²) in [6.45, 7) is 4.25. The highest BCUT2D eigenvalue weighted by Gasteiger charge is 2.22. The maximum absolute atomic E-state index is 12.8. The molecule has 0 N–H and O–H groups in total. The number of unbranched alkanes of at least 4 members (excludes halogenated alkanes) is 42. The molecule has 0 bridgehead atoms. The quantitative estimate of drug-likeness (QED) is 0.0195. The summed E-state index contributed by atoms with van der Waals surface area (Å²) in [6.07, 6.45) is 73.8. The Hall–Kier alpha value is -1.77. The summed E-state index contributed by atoms with van der Waals surface area (Å²) >= 11 is 0. The van der Waals surface area contributed by atoms with Gasteiger partial charge in [-0.3, -0.25) is 14.2 Å². The van der Waals surface area contributed by atoms with E-state index in [4.69, 9.17) is 18.5 Å². The number of phosphoric acid groups is 1. The van der Waals surface area contributed by atoms with Crippen molar-refractivity contribution in [3.8, 4) is 0 Å². The number of allylic oxidation sites excluding steroid dienone is 6. The van der Waals surface area contributed by atoms with E-state index >= 15 is 0 Å². The molecule has 0 heterocycles. The van der Waals surface area contributed by atoms with Gasteiger partial charge in [-0.1, -0.05) is 281 Å².